The Balaban J connectivity index is 3.16. The number of carboxylic acids is 1. The van der Waals surface area contributed by atoms with Crippen LogP contribution in [0.3, 0.4) is 0 Å². The van der Waals surface area contributed by atoms with Gasteiger partial charge in [0.15, 0.2) is 0 Å². The van der Waals surface area contributed by atoms with Crippen LogP contribution in [0.1, 0.15) is 19.8 Å². The zero-order chi connectivity index (χ0) is 16.2. The molecule has 0 aliphatic carbocycles. The van der Waals surface area contributed by atoms with Gasteiger partial charge in [-0.15, -0.1) is 0 Å². The second-order valence-electron chi connectivity index (χ2n) is 4.13. The molecule has 21 heavy (non-hydrogen) atoms. The maximum absolute atomic E-state index is 12.0. The van der Waals surface area contributed by atoms with Crippen molar-refractivity contribution in [3.05, 3.63) is 22.4 Å². The maximum atomic E-state index is 12.0. The Morgan fingerprint density at radius 1 is 1.62 bits per heavy atom. The first-order chi connectivity index (χ1) is 9.69. The van der Waals surface area contributed by atoms with Gasteiger partial charge in [-0.3, -0.25) is 14.9 Å². The van der Waals surface area contributed by atoms with Gasteiger partial charge >= 0.3 is 11.7 Å². The SMILES string of the molecule is CCCC(NS(=O)(=O)c1cnc(N)c([N+](=O)[O-])c1)C(=O)O. The zero-order valence-corrected chi connectivity index (χ0v) is 11.8. The summed E-state index contributed by atoms with van der Waals surface area (Å²) < 4.78 is 26.0. The standard InChI is InChI=1S/C10H14N4O6S/c1-2-3-7(10(15)16)13-21(19,20)6-4-8(14(17)18)9(11)12-5-6/h4-5,7,13H,2-3H2,1H3,(H2,11,12)(H,15,16). The van der Waals surface area contributed by atoms with Crippen molar-refractivity contribution in [3.63, 3.8) is 0 Å². The van der Waals surface area contributed by atoms with Gasteiger partial charge < -0.3 is 10.8 Å². The zero-order valence-electron chi connectivity index (χ0n) is 11.0. The second-order valence-corrected chi connectivity index (χ2v) is 5.85. The molecule has 0 spiro atoms. The van der Waals surface area contributed by atoms with Crippen LogP contribution >= 0.6 is 0 Å². The van der Waals surface area contributed by atoms with Crippen molar-refractivity contribution in [2.45, 2.75) is 30.7 Å². The molecule has 1 aromatic rings. The summed E-state index contributed by atoms with van der Waals surface area (Å²) in [5, 5.41) is 19.6. The molecule has 0 aliphatic heterocycles. The van der Waals surface area contributed by atoms with Gasteiger partial charge in [0.05, 0.1) is 4.92 Å². The molecule has 116 valence electrons. The molecule has 0 saturated heterocycles. The monoisotopic (exact) mass is 318 g/mol. The Labute approximate surface area is 120 Å². The number of nitrogens with two attached hydrogens (primary N) is 1. The predicted octanol–water partition coefficient (Wildman–Crippen LogP) is 0.104. The van der Waals surface area contributed by atoms with E-state index in [9.17, 15) is 23.3 Å². The first-order valence-electron chi connectivity index (χ1n) is 5.84. The van der Waals surface area contributed by atoms with Gasteiger partial charge in [-0.2, -0.15) is 4.72 Å². The highest BCUT2D eigenvalue weighted by molar-refractivity contribution is 7.89. The topological polar surface area (TPSA) is 166 Å². The van der Waals surface area contributed by atoms with Crippen molar-refractivity contribution < 1.29 is 23.2 Å². The lowest BCUT2D eigenvalue weighted by atomic mass is 10.2. The lowest BCUT2D eigenvalue weighted by Gasteiger charge is -2.13. The molecular weight excluding hydrogens is 304 g/mol. The fourth-order valence-electron chi connectivity index (χ4n) is 1.52. The average Bonchev–Trinajstić information content (AvgIpc) is 2.37. The largest absolute Gasteiger partial charge is 0.480 e. The van der Waals surface area contributed by atoms with E-state index in [-0.39, 0.29) is 6.42 Å². The molecule has 0 saturated carbocycles. The van der Waals surface area contributed by atoms with Crippen molar-refractivity contribution in [2.75, 3.05) is 5.73 Å². The second kappa shape index (κ2) is 6.45. The third-order valence-electron chi connectivity index (χ3n) is 2.55. The summed E-state index contributed by atoms with van der Waals surface area (Å²) in [5.74, 6) is -1.76. The summed E-state index contributed by atoms with van der Waals surface area (Å²) in [7, 11) is -4.25. The average molecular weight is 318 g/mol. The first-order valence-corrected chi connectivity index (χ1v) is 7.32. The minimum Gasteiger partial charge on any atom is -0.480 e. The van der Waals surface area contributed by atoms with E-state index in [4.69, 9.17) is 10.8 Å². The number of aliphatic carboxylic acids is 1. The van der Waals surface area contributed by atoms with Gasteiger partial charge in [-0.25, -0.2) is 13.4 Å². The van der Waals surface area contributed by atoms with Crippen LogP contribution in [0.4, 0.5) is 11.5 Å². The molecule has 0 aliphatic rings. The molecule has 0 amide bonds. The predicted molar refractivity (Wildman–Crippen MR) is 72.0 cm³/mol. The van der Waals surface area contributed by atoms with Crippen molar-refractivity contribution in [2.24, 2.45) is 0 Å². The first kappa shape index (κ1) is 16.8. The van der Waals surface area contributed by atoms with Gasteiger partial charge in [0.1, 0.15) is 10.9 Å². The van der Waals surface area contributed by atoms with Gasteiger partial charge in [-0.1, -0.05) is 13.3 Å². The number of hydrogen-bond donors (Lipinski definition) is 3. The van der Waals surface area contributed by atoms with Gasteiger partial charge in [0, 0.05) is 12.3 Å². The van der Waals surface area contributed by atoms with Crippen LogP contribution in [0.15, 0.2) is 17.2 Å². The summed E-state index contributed by atoms with van der Waals surface area (Å²) in [4.78, 5) is 23.7. The molecule has 1 aromatic heterocycles. The maximum Gasteiger partial charge on any atom is 0.321 e. The molecule has 0 aromatic carbocycles. The minimum atomic E-state index is -4.25. The van der Waals surface area contributed by atoms with Gasteiger partial charge in [0.25, 0.3) is 0 Å². The quantitative estimate of drug-likeness (QED) is 0.470. The van der Waals surface area contributed by atoms with E-state index in [0.717, 1.165) is 12.3 Å². The summed E-state index contributed by atoms with van der Waals surface area (Å²) in [5.41, 5.74) is 4.60. The molecule has 1 rings (SSSR count). The fraction of sp³-hybridized carbons (Fsp3) is 0.400. The van der Waals surface area contributed by atoms with Crippen LogP contribution in [0.25, 0.3) is 0 Å². The Hall–Kier alpha value is -2.27. The van der Waals surface area contributed by atoms with Crippen LogP contribution in [0, 0.1) is 10.1 Å². The van der Waals surface area contributed by atoms with Crippen LogP contribution in [0.2, 0.25) is 0 Å². The van der Waals surface area contributed by atoms with E-state index < -0.39 is 43.4 Å². The number of sulfonamides is 1. The Bertz CT molecular complexity index is 660. The number of anilines is 1. The summed E-state index contributed by atoms with van der Waals surface area (Å²) >= 11 is 0. The normalized spacial score (nSPS) is 12.8. The number of aromatic nitrogens is 1. The van der Waals surface area contributed by atoms with E-state index in [1.54, 1.807) is 6.92 Å². The molecule has 0 fully saturated rings. The van der Waals surface area contributed by atoms with Crippen LogP contribution in [0.5, 0.6) is 0 Å². The molecule has 10 nitrogen and oxygen atoms in total. The highest BCUT2D eigenvalue weighted by Gasteiger charge is 2.27. The van der Waals surface area contributed by atoms with E-state index in [2.05, 4.69) is 4.98 Å². The fourth-order valence-corrected chi connectivity index (χ4v) is 2.70. The summed E-state index contributed by atoms with van der Waals surface area (Å²) in [6.07, 6.45) is 1.36. The van der Waals surface area contributed by atoms with E-state index in [1.807, 2.05) is 4.72 Å². The number of rotatable bonds is 7. The smallest absolute Gasteiger partial charge is 0.321 e. The lowest BCUT2D eigenvalue weighted by Crippen LogP contribution is -2.40. The van der Waals surface area contributed by atoms with Crippen molar-refractivity contribution in [1.82, 2.24) is 9.71 Å². The molecule has 11 heteroatoms. The number of nitrogens with one attached hydrogen (secondary N) is 1. The van der Waals surface area contributed by atoms with Gasteiger partial charge in [0.2, 0.25) is 15.8 Å². The summed E-state index contributed by atoms with van der Waals surface area (Å²) in [6.45, 7) is 1.69. The van der Waals surface area contributed by atoms with E-state index in [0.29, 0.717) is 6.42 Å². The van der Waals surface area contributed by atoms with Crippen molar-refractivity contribution in [3.8, 4) is 0 Å². The molecule has 1 heterocycles. The van der Waals surface area contributed by atoms with Crippen molar-refractivity contribution >= 4 is 27.5 Å². The molecule has 1 unspecified atom stereocenters. The van der Waals surface area contributed by atoms with Crippen molar-refractivity contribution in [1.29, 1.82) is 0 Å². The molecule has 0 bridgehead atoms. The lowest BCUT2D eigenvalue weighted by molar-refractivity contribution is -0.384. The highest BCUT2D eigenvalue weighted by Crippen LogP contribution is 2.22. The van der Waals surface area contributed by atoms with E-state index in [1.165, 1.54) is 0 Å². The minimum absolute atomic E-state index is 0.0824. The third kappa shape index (κ3) is 4.10. The number of nitrogen functional groups attached to an aromatic ring is 1. The number of carboxylic acid groups (broad SMARTS) is 1. The summed E-state index contributed by atoms with van der Waals surface area (Å²) in [6, 6.07) is -0.591. The third-order valence-corrected chi connectivity index (χ3v) is 3.99. The Kier molecular flexibility index (Phi) is 5.16. The molecule has 4 N–H and O–H groups in total. The number of hydrogen-bond acceptors (Lipinski definition) is 7. The highest BCUT2D eigenvalue weighted by atomic mass is 32.2. The number of pyridine rings is 1. The molecular formula is C10H14N4O6S. The molecule has 1 atom stereocenters. The van der Waals surface area contributed by atoms with Gasteiger partial charge in [-0.05, 0) is 6.42 Å². The van der Waals surface area contributed by atoms with Crippen LogP contribution < -0.4 is 10.5 Å². The Morgan fingerprint density at radius 2 is 2.24 bits per heavy atom. The Morgan fingerprint density at radius 3 is 2.71 bits per heavy atom. The van der Waals surface area contributed by atoms with E-state index >= 15 is 0 Å². The number of nitrogens with zero attached hydrogens (tertiary/aromatic N) is 2. The molecule has 0 radical (unpaired) electrons. The number of nitro groups is 1. The number of carbonyl (C=O) groups is 1. The van der Waals surface area contributed by atoms with Crippen LogP contribution in [-0.2, 0) is 14.8 Å². The van der Waals surface area contributed by atoms with Crippen LogP contribution in [-0.4, -0.2) is 35.4 Å².